The fraction of sp³-hybridized carbons (Fsp3) is 0.0476. The number of nitrogens with one attached hydrogen (secondary N) is 2. The van der Waals surface area contributed by atoms with E-state index in [0.717, 1.165) is 22.0 Å². The summed E-state index contributed by atoms with van der Waals surface area (Å²) in [6.45, 7) is 0. The van der Waals surface area contributed by atoms with Crippen LogP contribution in [0.2, 0.25) is 0 Å². The van der Waals surface area contributed by atoms with Gasteiger partial charge < -0.3 is 5.32 Å². The van der Waals surface area contributed by atoms with Gasteiger partial charge in [-0.3, -0.25) is 10.1 Å². The van der Waals surface area contributed by atoms with E-state index in [1.165, 1.54) is 0 Å². The Morgan fingerprint density at radius 3 is 2.75 bits per heavy atom. The first-order valence-corrected chi connectivity index (χ1v) is 8.76. The van der Waals surface area contributed by atoms with Crippen molar-refractivity contribution in [2.75, 3.05) is 12.4 Å². The van der Waals surface area contributed by atoms with Crippen molar-refractivity contribution in [1.82, 2.24) is 25.1 Å². The Morgan fingerprint density at radius 2 is 1.93 bits per heavy atom. The van der Waals surface area contributed by atoms with Crippen LogP contribution in [0.25, 0.3) is 44.3 Å². The van der Waals surface area contributed by atoms with Gasteiger partial charge in [-0.05, 0) is 35.9 Å². The van der Waals surface area contributed by atoms with Gasteiger partial charge in [-0.15, -0.1) is 0 Å². The lowest BCUT2D eigenvalue weighted by Crippen LogP contribution is -2.01. The smallest absolute Gasteiger partial charge is 0.163 e. The second-order valence-electron chi connectivity index (χ2n) is 6.38. The topological polar surface area (TPSA) is 79.4 Å². The van der Waals surface area contributed by atoms with Gasteiger partial charge in [0.1, 0.15) is 11.3 Å². The van der Waals surface area contributed by atoms with Gasteiger partial charge >= 0.3 is 0 Å². The lowest BCUT2D eigenvalue weighted by molar-refractivity contribution is 0.640. The van der Waals surface area contributed by atoms with Gasteiger partial charge in [0.2, 0.25) is 0 Å². The van der Waals surface area contributed by atoms with Crippen LogP contribution in [-0.2, 0) is 0 Å². The highest BCUT2D eigenvalue weighted by Crippen LogP contribution is 2.33. The average Bonchev–Trinajstić information content (AvgIpc) is 3.22. The zero-order valence-electron chi connectivity index (χ0n) is 14.9. The highest BCUT2D eigenvalue weighted by molar-refractivity contribution is 5.95. The predicted molar refractivity (Wildman–Crippen MR) is 107 cm³/mol. The van der Waals surface area contributed by atoms with Gasteiger partial charge in [0.25, 0.3) is 0 Å². The molecule has 0 amide bonds. The van der Waals surface area contributed by atoms with Gasteiger partial charge in [-0.1, -0.05) is 12.1 Å². The number of aromatic nitrogens is 5. The standard InChI is InChI=1S/C21H15FN6/c1-23-21-16-6-5-15(12-4-7-17-14(9-12)11-25-28-17)18(22)19(16)26-20(27-21)13-3-2-8-24-10-13/h2-11H,1H3,(H,25,28)(H,23,26,27). The van der Waals surface area contributed by atoms with Gasteiger partial charge in [-0.25, -0.2) is 14.4 Å². The van der Waals surface area contributed by atoms with Crippen LogP contribution in [0, 0.1) is 5.82 Å². The summed E-state index contributed by atoms with van der Waals surface area (Å²) in [6.07, 6.45) is 5.06. The van der Waals surface area contributed by atoms with Crippen LogP contribution in [0.3, 0.4) is 0 Å². The molecule has 3 aromatic heterocycles. The van der Waals surface area contributed by atoms with Crippen molar-refractivity contribution in [1.29, 1.82) is 0 Å². The number of nitrogens with zero attached hydrogens (tertiary/aromatic N) is 4. The summed E-state index contributed by atoms with van der Waals surface area (Å²) in [5, 5.41) is 11.5. The average molecular weight is 370 g/mol. The molecular formula is C21H15FN6. The lowest BCUT2D eigenvalue weighted by Gasteiger charge is -2.11. The minimum atomic E-state index is -0.385. The van der Waals surface area contributed by atoms with Crippen LogP contribution in [-0.4, -0.2) is 32.2 Å². The van der Waals surface area contributed by atoms with Crippen molar-refractivity contribution in [2.45, 2.75) is 0 Å². The van der Waals surface area contributed by atoms with Crippen molar-refractivity contribution >= 4 is 27.6 Å². The molecule has 2 N–H and O–H groups in total. The third-order valence-electron chi connectivity index (χ3n) is 4.71. The molecule has 0 unspecified atom stereocenters. The molecule has 0 aliphatic carbocycles. The number of pyridine rings is 1. The molecule has 3 heterocycles. The molecule has 0 spiro atoms. The van der Waals surface area contributed by atoms with E-state index in [1.54, 1.807) is 37.8 Å². The quantitative estimate of drug-likeness (QED) is 0.492. The van der Waals surface area contributed by atoms with Crippen molar-refractivity contribution in [3.63, 3.8) is 0 Å². The summed E-state index contributed by atoms with van der Waals surface area (Å²) in [7, 11) is 1.76. The molecule has 0 aliphatic heterocycles. The first kappa shape index (κ1) is 16.3. The van der Waals surface area contributed by atoms with Gasteiger partial charge in [0, 0.05) is 41.3 Å². The molecule has 136 valence electrons. The van der Waals surface area contributed by atoms with Gasteiger partial charge in [-0.2, -0.15) is 5.10 Å². The summed E-state index contributed by atoms with van der Waals surface area (Å²) in [6, 6.07) is 12.9. The molecule has 0 fully saturated rings. The number of fused-ring (bicyclic) bond motifs is 2. The maximum absolute atomic E-state index is 15.5. The summed E-state index contributed by atoms with van der Waals surface area (Å²) < 4.78 is 15.5. The van der Waals surface area contributed by atoms with Crippen LogP contribution >= 0.6 is 0 Å². The third-order valence-corrected chi connectivity index (χ3v) is 4.71. The Hall–Kier alpha value is -3.87. The minimum absolute atomic E-state index is 0.267. The molecule has 6 nitrogen and oxygen atoms in total. The Kier molecular flexibility index (Phi) is 3.72. The predicted octanol–water partition coefficient (Wildman–Crippen LogP) is 4.42. The highest BCUT2D eigenvalue weighted by atomic mass is 19.1. The third kappa shape index (κ3) is 2.56. The molecule has 7 heteroatoms. The van der Waals surface area contributed by atoms with E-state index in [-0.39, 0.29) is 11.3 Å². The molecular weight excluding hydrogens is 355 g/mol. The number of aromatic amines is 1. The Bertz CT molecular complexity index is 1310. The molecule has 5 aromatic rings. The van der Waals surface area contributed by atoms with Gasteiger partial charge in [0.15, 0.2) is 11.6 Å². The molecule has 0 atom stereocenters. The SMILES string of the molecule is CNc1nc(-c2cccnc2)nc2c(F)c(-c3ccc4[nH]ncc4c3)ccc12. The monoisotopic (exact) mass is 370 g/mol. The summed E-state index contributed by atoms with van der Waals surface area (Å²) in [4.78, 5) is 13.1. The van der Waals surface area contributed by atoms with Crippen LogP contribution in [0.15, 0.2) is 61.1 Å². The maximum atomic E-state index is 15.5. The molecule has 2 aromatic carbocycles. The van der Waals surface area contributed by atoms with Crippen LogP contribution in [0.1, 0.15) is 0 Å². The Morgan fingerprint density at radius 1 is 1.00 bits per heavy atom. The van der Waals surface area contributed by atoms with Crippen LogP contribution in [0.4, 0.5) is 10.2 Å². The summed E-state index contributed by atoms with van der Waals surface area (Å²) in [5.41, 5.74) is 3.14. The number of rotatable bonds is 3. The second-order valence-corrected chi connectivity index (χ2v) is 6.38. The Labute approximate surface area is 159 Å². The first-order chi connectivity index (χ1) is 13.7. The number of benzene rings is 2. The number of hydrogen-bond donors (Lipinski definition) is 2. The van der Waals surface area contributed by atoms with Crippen LogP contribution < -0.4 is 5.32 Å². The molecule has 0 saturated heterocycles. The van der Waals surface area contributed by atoms with E-state index in [2.05, 4.69) is 30.5 Å². The van der Waals surface area contributed by atoms with Crippen molar-refractivity contribution in [3.05, 3.63) is 66.9 Å². The van der Waals surface area contributed by atoms with Crippen molar-refractivity contribution in [3.8, 4) is 22.5 Å². The van der Waals surface area contributed by atoms with E-state index < -0.39 is 0 Å². The van der Waals surface area contributed by atoms with E-state index in [4.69, 9.17) is 0 Å². The highest BCUT2D eigenvalue weighted by Gasteiger charge is 2.16. The molecule has 28 heavy (non-hydrogen) atoms. The molecule has 0 aliphatic rings. The molecule has 5 rings (SSSR count). The molecule has 0 saturated carbocycles. The number of anilines is 1. The van der Waals surface area contributed by atoms with E-state index in [0.29, 0.717) is 22.6 Å². The fourth-order valence-electron chi connectivity index (χ4n) is 3.31. The number of H-pyrrole nitrogens is 1. The molecule has 0 bridgehead atoms. The van der Waals surface area contributed by atoms with Gasteiger partial charge in [0.05, 0.1) is 11.7 Å². The maximum Gasteiger partial charge on any atom is 0.163 e. The second kappa shape index (κ2) is 6.38. The zero-order valence-corrected chi connectivity index (χ0v) is 14.9. The first-order valence-electron chi connectivity index (χ1n) is 8.76. The summed E-state index contributed by atoms with van der Waals surface area (Å²) in [5.74, 6) is 0.607. The lowest BCUT2D eigenvalue weighted by atomic mass is 10.0. The van der Waals surface area contributed by atoms with Crippen molar-refractivity contribution < 1.29 is 4.39 Å². The van der Waals surface area contributed by atoms with Crippen molar-refractivity contribution in [2.24, 2.45) is 0 Å². The van der Waals surface area contributed by atoms with E-state index in [1.807, 2.05) is 30.3 Å². The zero-order chi connectivity index (χ0) is 19.1. The normalized spacial score (nSPS) is 11.2. The number of halogens is 1. The minimum Gasteiger partial charge on any atom is -0.373 e. The number of hydrogen-bond acceptors (Lipinski definition) is 5. The Balaban J connectivity index is 1.75. The summed E-state index contributed by atoms with van der Waals surface area (Å²) >= 11 is 0. The largest absolute Gasteiger partial charge is 0.373 e. The molecule has 0 radical (unpaired) electrons. The fourth-order valence-corrected chi connectivity index (χ4v) is 3.31. The van der Waals surface area contributed by atoms with E-state index >= 15 is 4.39 Å². The van der Waals surface area contributed by atoms with E-state index in [9.17, 15) is 0 Å². The van der Waals surface area contributed by atoms with Crippen LogP contribution in [0.5, 0.6) is 0 Å².